The van der Waals surface area contributed by atoms with Crippen molar-refractivity contribution in [1.29, 1.82) is 0 Å². The fourth-order valence-electron chi connectivity index (χ4n) is 2.78. The van der Waals surface area contributed by atoms with Crippen LogP contribution in [0.5, 0.6) is 0 Å². The lowest BCUT2D eigenvalue weighted by atomic mass is 10.1. The van der Waals surface area contributed by atoms with Gasteiger partial charge in [-0.3, -0.25) is 0 Å². The summed E-state index contributed by atoms with van der Waals surface area (Å²) in [6.45, 7) is 0.629. The zero-order valence-electron chi connectivity index (χ0n) is 13.6. The summed E-state index contributed by atoms with van der Waals surface area (Å²) in [6, 6.07) is 5.13. The molecular weight excluding hydrogens is 349 g/mol. The van der Waals surface area contributed by atoms with Gasteiger partial charge in [-0.2, -0.15) is 0 Å². The van der Waals surface area contributed by atoms with Crippen LogP contribution in [0.1, 0.15) is 12.8 Å². The van der Waals surface area contributed by atoms with E-state index in [9.17, 15) is 17.6 Å². The minimum atomic E-state index is -3.57. The first kappa shape index (κ1) is 17.3. The maximum atomic E-state index is 12.9. The first-order valence-corrected chi connectivity index (χ1v) is 9.32. The molecule has 0 radical (unpaired) electrons. The van der Waals surface area contributed by atoms with E-state index in [1.807, 2.05) is 0 Å². The van der Waals surface area contributed by atoms with E-state index in [1.165, 1.54) is 35.2 Å². The van der Waals surface area contributed by atoms with Gasteiger partial charge in [0.15, 0.2) is 0 Å². The number of benzene rings is 1. The zero-order chi connectivity index (χ0) is 18.0. The molecule has 25 heavy (non-hydrogen) atoms. The van der Waals surface area contributed by atoms with Gasteiger partial charge in [0.1, 0.15) is 12.1 Å². The lowest BCUT2D eigenvalue weighted by Crippen LogP contribution is -2.44. The molecule has 2 heterocycles. The zero-order valence-corrected chi connectivity index (χ0v) is 14.4. The van der Waals surface area contributed by atoms with Crippen LogP contribution in [0.2, 0.25) is 0 Å². The molecular formula is C15H18FN5O3S. The average molecular weight is 367 g/mol. The maximum absolute atomic E-state index is 12.9. The third kappa shape index (κ3) is 3.63. The Bertz CT molecular complexity index is 858. The normalized spacial score (nSPS) is 16.0. The van der Waals surface area contributed by atoms with Gasteiger partial charge in [0.25, 0.3) is 0 Å². The molecule has 1 aliphatic heterocycles. The van der Waals surface area contributed by atoms with Crippen molar-refractivity contribution in [2.75, 3.05) is 18.4 Å². The van der Waals surface area contributed by atoms with Crippen LogP contribution in [0.15, 0.2) is 35.7 Å². The van der Waals surface area contributed by atoms with Crippen molar-refractivity contribution in [2.24, 2.45) is 7.05 Å². The highest BCUT2D eigenvalue weighted by Crippen LogP contribution is 2.23. The standard InChI is InChI=1S/C15H18FN5O3S/c1-20-10-17-19-15(20)25(23,24)13-6-8-21(9-7-13)14(22)18-12-4-2-11(16)3-5-12/h2-5,10,13H,6-9H2,1H3,(H,18,22). The first-order valence-electron chi connectivity index (χ1n) is 7.77. The Morgan fingerprint density at radius 3 is 2.44 bits per heavy atom. The smallest absolute Gasteiger partial charge is 0.321 e. The molecule has 1 saturated heterocycles. The number of halogens is 1. The van der Waals surface area contributed by atoms with Crippen molar-refractivity contribution in [1.82, 2.24) is 19.7 Å². The molecule has 1 fully saturated rings. The van der Waals surface area contributed by atoms with Crippen LogP contribution < -0.4 is 5.32 Å². The van der Waals surface area contributed by atoms with Gasteiger partial charge in [0.2, 0.25) is 15.0 Å². The predicted octanol–water partition coefficient (Wildman–Crippen LogP) is 1.42. The summed E-state index contributed by atoms with van der Waals surface area (Å²) in [5.74, 6) is -0.382. The SMILES string of the molecule is Cn1cnnc1S(=O)(=O)C1CCN(C(=O)Nc2ccc(F)cc2)CC1. The average Bonchev–Trinajstić information content (AvgIpc) is 3.04. The van der Waals surface area contributed by atoms with E-state index in [0.29, 0.717) is 31.6 Å². The van der Waals surface area contributed by atoms with E-state index < -0.39 is 15.1 Å². The monoisotopic (exact) mass is 367 g/mol. The Labute approximate surface area is 144 Å². The number of anilines is 1. The van der Waals surface area contributed by atoms with Crippen LogP contribution in [0.25, 0.3) is 0 Å². The summed E-state index contributed by atoms with van der Waals surface area (Å²) >= 11 is 0. The van der Waals surface area contributed by atoms with Gasteiger partial charge >= 0.3 is 6.03 Å². The van der Waals surface area contributed by atoms with Crippen molar-refractivity contribution in [2.45, 2.75) is 23.2 Å². The molecule has 1 aliphatic rings. The largest absolute Gasteiger partial charge is 0.324 e. The number of urea groups is 1. The number of aryl methyl sites for hydroxylation is 1. The van der Waals surface area contributed by atoms with Crippen molar-refractivity contribution >= 4 is 21.6 Å². The number of hydrogen-bond acceptors (Lipinski definition) is 5. The second-order valence-corrected chi connectivity index (χ2v) is 8.01. The molecule has 0 aliphatic carbocycles. The highest BCUT2D eigenvalue weighted by atomic mass is 32.2. The van der Waals surface area contributed by atoms with Gasteiger partial charge in [-0.15, -0.1) is 10.2 Å². The third-order valence-corrected chi connectivity index (χ3v) is 6.42. The molecule has 3 rings (SSSR count). The van der Waals surface area contributed by atoms with Gasteiger partial charge in [-0.1, -0.05) is 0 Å². The Hall–Kier alpha value is -2.49. The van der Waals surface area contributed by atoms with Crippen LogP contribution in [-0.4, -0.2) is 52.5 Å². The molecule has 0 bridgehead atoms. The molecule has 1 N–H and O–H groups in total. The van der Waals surface area contributed by atoms with Crippen molar-refractivity contribution in [3.8, 4) is 0 Å². The predicted molar refractivity (Wildman–Crippen MR) is 88.2 cm³/mol. The molecule has 8 nitrogen and oxygen atoms in total. The third-order valence-electron chi connectivity index (χ3n) is 4.19. The number of nitrogens with zero attached hydrogens (tertiary/aromatic N) is 4. The number of likely N-dealkylation sites (tertiary alicyclic amines) is 1. The van der Waals surface area contributed by atoms with E-state index in [2.05, 4.69) is 15.5 Å². The molecule has 1 aromatic heterocycles. The summed E-state index contributed by atoms with van der Waals surface area (Å²) in [6.07, 6.45) is 2.00. The first-order chi connectivity index (χ1) is 11.9. The number of aromatic nitrogens is 3. The number of sulfone groups is 1. The quantitative estimate of drug-likeness (QED) is 0.885. The van der Waals surface area contributed by atoms with Crippen LogP contribution in [-0.2, 0) is 16.9 Å². The minimum absolute atomic E-state index is 0.0540. The molecule has 10 heteroatoms. The summed E-state index contributed by atoms with van der Waals surface area (Å²) < 4.78 is 39.4. The maximum Gasteiger partial charge on any atom is 0.321 e. The lowest BCUT2D eigenvalue weighted by Gasteiger charge is -2.31. The summed E-state index contributed by atoms with van der Waals surface area (Å²) in [5, 5.41) is 9.32. The molecule has 2 aromatic rings. The van der Waals surface area contributed by atoms with Gasteiger partial charge in [0.05, 0.1) is 5.25 Å². The van der Waals surface area contributed by atoms with E-state index in [-0.39, 0.29) is 17.0 Å². The van der Waals surface area contributed by atoms with Crippen LogP contribution in [0.3, 0.4) is 0 Å². The Morgan fingerprint density at radius 1 is 1.24 bits per heavy atom. The second-order valence-electron chi connectivity index (χ2n) is 5.89. The van der Waals surface area contributed by atoms with Crippen LogP contribution in [0, 0.1) is 5.82 Å². The fraction of sp³-hybridized carbons (Fsp3) is 0.400. The molecule has 134 valence electrons. The lowest BCUT2D eigenvalue weighted by molar-refractivity contribution is 0.200. The Morgan fingerprint density at radius 2 is 1.88 bits per heavy atom. The molecule has 0 atom stereocenters. The van der Waals surface area contributed by atoms with Crippen molar-refractivity contribution in [3.05, 3.63) is 36.4 Å². The van der Waals surface area contributed by atoms with Crippen molar-refractivity contribution < 1.29 is 17.6 Å². The summed E-state index contributed by atoms with van der Waals surface area (Å²) in [7, 11) is -1.99. The molecule has 1 aromatic carbocycles. The number of carbonyl (C=O) groups is 1. The van der Waals surface area contributed by atoms with Crippen LogP contribution in [0.4, 0.5) is 14.9 Å². The molecule has 0 spiro atoms. The number of piperidine rings is 1. The number of rotatable bonds is 3. The van der Waals surface area contributed by atoms with Gasteiger partial charge < -0.3 is 14.8 Å². The van der Waals surface area contributed by atoms with Gasteiger partial charge in [-0.25, -0.2) is 17.6 Å². The highest BCUT2D eigenvalue weighted by molar-refractivity contribution is 7.91. The number of hydrogen-bond donors (Lipinski definition) is 1. The molecule has 0 saturated carbocycles. The highest BCUT2D eigenvalue weighted by Gasteiger charge is 2.35. The number of nitrogens with one attached hydrogen (secondary N) is 1. The topological polar surface area (TPSA) is 97.2 Å². The fourth-order valence-corrected chi connectivity index (χ4v) is 4.52. The summed E-state index contributed by atoms with van der Waals surface area (Å²) in [4.78, 5) is 13.8. The van der Waals surface area contributed by atoms with E-state index in [4.69, 9.17) is 0 Å². The minimum Gasteiger partial charge on any atom is -0.324 e. The van der Waals surface area contributed by atoms with Crippen molar-refractivity contribution in [3.63, 3.8) is 0 Å². The Balaban J connectivity index is 1.61. The van der Waals surface area contributed by atoms with E-state index in [1.54, 1.807) is 11.9 Å². The number of amides is 2. The summed E-state index contributed by atoms with van der Waals surface area (Å²) in [5.41, 5.74) is 0.486. The number of carbonyl (C=O) groups excluding carboxylic acids is 1. The molecule has 2 amide bonds. The van der Waals surface area contributed by atoms with Crippen LogP contribution >= 0.6 is 0 Å². The van der Waals surface area contributed by atoms with E-state index >= 15 is 0 Å². The van der Waals surface area contributed by atoms with E-state index in [0.717, 1.165) is 0 Å². The van der Waals surface area contributed by atoms with Gasteiger partial charge in [-0.05, 0) is 37.1 Å². The Kier molecular flexibility index (Phi) is 4.71. The second kappa shape index (κ2) is 6.79. The van der Waals surface area contributed by atoms with Gasteiger partial charge in [0, 0.05) is 25.8 Å². The molecule has 0 unspecified atom stereocenters.